The van der Waals surface area contributed by atoms with E-state index in [0.717, 1.165) is 12.8 Å². The quantitative estimate of drug-likeness (QED) is 0.751. The highest BCUT2D eigenvalue weighted by atomic mass is 19.1. The van der Waals surface area contributed by atoms with Crippen LogP contribution in [0.3, 0.4) is 0 Å². The van der Waals surface area contributed by atoms with Crippen LogP contribution >= 0.6 is 0 Å². The van der Waals surface area contributed by atoms with Gasteiger partial charge in [0.2, 0.25) is 0 Å². The van der Waals surface area contributed by atoms with E-state index in [4.69, 9.17) is 5.11 Å². The number of rotatable bonds is 4. The standard InChI is InChI=1S/C12H14FNO3/c13-9-5-3-8(4-6-9)11(15)10(7-1-2-7)14-12(16)17/h3-7,10-11,14-15H,1-2H2,(H,16,17)/t10-,11+/m1/s1. The Labute approximate surface area is 98.1 Å². The zero-order valence-electron chi connectivity index (χ0n) is 9.14. The first-order valence-corrected chi connectivity index (χ1v) is 5.51. The first-order valence-electron chi connectivity index (χ1n) is 5.51. The number of aliphatic hydroxyl groups excluding tert-OH is 1. The predicted octanol–water partition coefficient (Wildman–Crippen LogP) is 1.91. The van der Waals surface area contributed by atoms with Crippen molar-refractivity contribution in [3.05, 3.63) is 35.6 Å². The molecule has 0 radical (unpaired) electrons. The van der Waals surface area contributed by atoms with Crippen LogP contribution < -0.4 is 5.32 Å². The van der Waals surface area contributed by atoms with Crippen LogP contribution in [0.25, 0.3) is 0 Å². The highest BCUT2D eigenvalue weighted by Crippen LogP contribution is 2.38. The molecule has 1 aromatic carbocycles. The van der Waals surface area contributed by atoms with Crippen LogP contribution in [-0.2, 0) is 0 Å². The van der Waals surface area contributed by atoms with Crippen LogP contribution in [-0.4, -0.2) is 22.3 Å². The Morgan fingerprint density at radius 1 is 1.35 bits per heavy atom. The minimum atomic E-state index is -1.15. The van der Waals surface area contributed by atoms with Crippen LogP contribution in [0.2, 0.25) is 0 Å². The lowest BCUT2D eigenvalue weighted by Gasteiger charge is -2.22. The van der Waals surface area contributed by atoms with E-state index in [9.17, 15) is 14.3 Å². The number of benzene rings is 1. The van der Waals surface area contributed by atoms with Gasteiger partial charge in [0, 0.05) is 0 Å². The average Bonchev–Trinajstić information content (AvgIpc) is 3.09. The van der Waals surface area contributed by atoms with Gasteiger partial charge in [0.15, 0.2) is 0 Å². The van der Waals surface area contributed by atoms with Crippen molar-refractivity contribution in [2.45, 2.75) is 25.0 Å². The molecule has 1 fully saturated rings. The lowest BCUT2D eigenvalue weighted by atomic mass is 9.99. The topological polar surface area (TPSA) is 69.6 Å². The molecule has 92 valence electrons. The lowest BCUT2D eigenvalue weighted by molar-refractivity contribution is 0.111. The van der Waals surface area contributed by atoms with Crippen molar-refractivity contribution in [2.24, 2.45) is 5.92 Å². The van der Waals surface area contributed by atoms with E-state index in [0.29, 0.717) is 5.56 Å². The Kier molecular flexibility index (Phi) is 3.28. The van der Waals surface area contributed by atoms with Crippen molar-refractivity contribution >= 4 is 6.09 Å². The number of hydrogen-bond acceptors (Lipinski definition) is 2. The third-order valence-corrected chi connectivity index (χ3v) is 2.97. The molecular weight excluding hydrogens is 225 g/mol. The number of aliphatic hydroxyl groups is 1. The molecule has 1 saturated carbocycles. The maximum atomic E-state index is 12.7. The molecule has 2 rings (SSSR count). The monoisotopic (exact) mass is 239 g/mol. The summed E-state index contributed by atoms with van der Waals surface area (Å²) in [6.45, 7) is 0. The summed E-state index contributed by atoms with van der Waals surface area (Å²) in [5.41, 5.74) is 0.525. The summed E-state index contributed by atoms with van der Waals surface area (Å²) in [5.74, 6) is -0.207. The van der Waals surface area contributed by atoms with Gasteiger partial charge in [-0.3, -0.25) is 0 Å². The minimum absolute atomic E-state index is 0.172. The molecule has 0 aliphatic heterocycles. The molecule has 1 aliphatic carbocycles. The van der Waals surface area contributed by atoms with E-state index in [1.54, 1.807) is 0 Å². The molecule has 0 aromatic heterocycles. The molecule has 0 saturated heterocycles. The molecule has 1 aromatic rings. The van der Waals surface area contributed by atoms with Crippen molar-refractivity contribution in [1.29, 1.82) is 0 Å². The molecule has 0 bridgehead atoms. The summed E-state index contributed by atoms with van der Waals surface area (Å²) >= 11 is 0. The Morgan fingerprint density at radius 2 is 1.94 bits per heavy atom. The second kappa shape index (κ2) is 4.71. The van der Waals surface area contributed by atoms with E-state index < -0.39 is 18.2 Å². The van der Waals surface area contributed by atoms with E-state index in [1.807, 2.05) is 0 Å². The molecule has 0 unspecified atom stereocenters. The van der Waals surface area contributed by atoms with Gasteiger partial charge in [0.05, 0.1) is 12.1 Å². The molecule has 5 heteroatoms. The van der Waals surface area contributed by atoms with E-state index in [-0.39, 0.29) is 11.7 Å². The van der Waals surface area contributed by atoms with Gasteiger partial charge in [0.25, 0.3) is 0 Å². The first-order chi connectivity index (χ1) is 8.08. The summed E-state index contributed by atoms with van der Waals surface area (Å²) in [4.78, 5) is 10.6. The molecule has 2 atom stereocenters. The Hall–Kier alpha value is -1.62. The first kappa shape index (κ1) is 11.9. The van der Waals surface area contributed by atoms with Crippen LogP contribution in [0.1, 0.15) is 24.5 Å². The van der Waals surface area contributed by atoms with Gasteiger partial charge in [-0.2, -0.15) is 0 Å². The third-order valence-electron chi connectivity index (χ3n) is 2.97. The van der Waals surface area contributed by atoms with Crippen LogP contribution in [0.4, 0.5) is 9.18 Å². The second-order valence-corrected chi connectivity index (χ2v) is 4.31. The summed E-state index contributed by atoms with van der Waals surface area (Å²) in [5, 5.41) is 21.1. The summed E-state index contributed by atoms with van der Waals surface area (Å²) in [6, 6.07) is 4.93. The average molecular weight is 239 g/mol. The number of hydrogen-bond donors (Lipinski definition) is 3. The van der Waals surface area contributed by atoms with Crippen molar-refractivity contribution in [1.82, 2.24) is 5.32 Å². The molecule has 3 N–H and O–H groups in total. The number of halogens is 1. The SMILES string of the molecule is O=C(O)N[C@H](C1CC1)[C@@H](O)c1ccc(F)cc1. The molecule has 0 heterocycles. The smallest absolute Gasteiger partial charge is 0.404 e. The molecule has 4 nitrogen and oxygen atoms in total. The van der Waals surface area contributed by atoms with E-state index in [2.05, 4.69) is 5.32 Å². The number of amides is 1. The van der Waals surface area contributed by atoms with Crippen molar-refractivity contribution in [3.63, 3.8) is 0 Å². The van der Waals surface area contributed by atoms with Gasteiger partial charge >= 0.3 is 6.09 Å². The molecule has 1 aliphatic rings. The van der Waals surface area contributed by atoms with Gasteiger partial charge in [-0.15, -0.1) is 0 Å². The third kappa shape index (κ3) is 2.94. The summed E-state index contributed by atoms with van der Waals surface area (Å²) in [6.07, 6.45) is -0.269. The van der Waals surface area contributed by atoms with Gasteiger partial charge in [-0.05, 0) is 36.5 Å². The van der Waals surface area contributed by atoms with Crippen molar-refractivity contribution in [3.8, 4) is 0 Å². The highest BCUT2D eigenvalue weighted by Gasteiger charge is 2.37. The predicted molar refractivity (Wildman–Crippen MR) is 59.0 cm³/mol. The lowest BCUT2D eigenvalue weighted by Crippen LogP contribution is -2.40. The highest BCUT2D eigenvalue weighted by molar-refractivity contribution is 5.65. The van der Waals surface area contributed by atoms with E-state index in [1.165, 1.54) is 24.3 Å². The molecular formula is C12H14FNO3. The molecule has 1 amide bonds. The largest absolute Gasteiger partial charge is 0.465 e. The maximum Gasteiger partial charge on any atom is 0.404 e. The number of carboxylic acid groups (broad SMARTS) is 1. The fourth-order valence-electron chi connectivity index (χ4n) is 1.92. The maximum absolute atomic E-state index is 12.7. The van der Waals surface area contributed by atoms with E-state index >= 15 is 0 Å². The molecule has 17 heavy (non-hydrogen) atoms. The molecule has 0 spiro atoms. The van der Waals surface area contributed by atoms with Crippen molar-refractivity contribution in [2.75, 3.05) is 0 Å². The van der Waals surface area contributed by atoms with Gasteiger partial charge in [0.1, 0.15) is 5.82 Å². The Morgan fingerprint density at radius 3 is 2.41 bits per heavy atom. The van der Waals surface area contributed by atoms with Crippen molar-refractivity contribution < 1.29 is 19.4 Å². The van der Waals surface area contributed by atoms with Crippen LogP contribution in [0, 0.1) is 11.7 Å². The fraction of sp³-hybridized carbons (Fsp3) is 0.417. The Balaban J connectivity index is 2.12. The number of carbonyl (C=O) groups is 1. The zero-order chi connectivity index (χ0) is 12.4. The van der Waals surface area contributed by atoms with Gasteiger partial charge < -0.3 is 15.5 Å². The fourth-order valence-corrected chi connectivity index (χ4v) is 1.92. The summed E-state index contributed by atoms with van der Waals surface area (Å²) in [7, 11) is 0. The van der Waals surface area contributed by atoms with Gasteiger partial charge in [-0.1, -0.05) is 12.1 Å². The number of nitrogens with one attached hydrogen (secondary N) is 1. The van der Waals surface area contributed by atoms with Gasteiger partial charge in [-0.25, -0.2) is 9.18 Å². The minimum Gasteiger partial charge on any atom is -0.465 e. The zero-order valence-corrected chi connectivity index (χ0v) is 9.14. The summed E-state index contributed by atoms with van der Waals surface area (Å²) < 4.78 is 12.7. The second-order valence-electron chi connectivity index (χ2n) is 4.31. The normalized spacial score (nSPS) is 18.5. The van der Waals surface area contributed by atoms with Crippen LogP contribution in [0.15, 0.2) is 24.3 Å². The Bertz CT molecular complexity index is 403. The van der Waals surface area contributed by atoms with Crippen LogP contribution in [0.5, 0.6) is 0 Å².